The molecule has 19 heavy (non-hydrogen) atoms. The molecule has 1 heterocycles. The minimum absolute atomic E-state index is 0.601. The molecule has 0 saturated heterocycles. The molecule has 0 amide bonds. The molecule has 110 valence electrons. The van der Waals surface area contributed by atoms with Crippen molar-refractivity contribution in [2.75, 3.05) is 0 Å². The maximum Gasteiger partial charge on any atom is 0.119 e. The third-order valence-corrected chi connectivity index (χ3v) is 3.93. The molecule has 3 heteroatoms. The van der Waals surface area contributed by atoms with Crippen LogP contribution < -0.4 is 11.3 Å². The quantitative estimate of drug-likeness (QED) is 0.496. The van der Waals surface area contributed by atoms with Crippen LogP contribution in [-0.4, -0.2) is 0 Å². The maximum atomic E-state index is 5.81. The van der Waals surface area contributed by atoms with Crippen LogP contribution in [0.25, 0.3) is 0 Å². The fourth-order valence-electron chi connectivity index (χ4n) is 2.71. The molecule has 0 spiro atoms. The Bertz CT molecular complexity index is 335. The SMILES string of the molecule is CCCCC(C)C(CCC)Cc1ccc(CNN)o1. The van der Waals surface area contributed by atoms with Gasteiger partial charge in [0.1, 0.15) is 11.5 Å². The van der Waals surface area contributed by atoms with Crippen molar-refractivity contribution < 1.29 is 4.42 Å². The summed E-state index contributed by atoms with van der Waals surface area (Å²) in [7, 11) is 0. The smallest absolute Gasteiger partial charge is 0.119 e. The number of hydrogen-bond acceptors (Lipinski definition) is 3. The molecule has 1 rings (SSSR count). The zero-order valence-electron chi connectivity index (χ0n) is 12.7. The van der Waals surface area contributed by atoms with E-state index in [9.17, 15) is 0 Å². The van der Waals surface area contributed by atoms with E-state index in [-0.39, 0.29) is 0 Å². The highest BCUT2D eigenvalue weighted by Gasteiger charge is 2.18. The lowest BCUT2D eigenvalue weighted by Gasteiger charge is -2.22. The van der Waals surface area contributed by atoms with Crippen molar-refractivity contribution in [2.45, 2.75) is 65.8 Å². The molecule has 0 aliphatic rings. The number of unbranched alkanes of at least 4 members (excludes halogenated alkanes) is 1. The van der Waals surface area contributed by atoms with E-state index in [0.29, 0.717) is 6.54 Å². The molecule has 0 fully saturated rings. The molecule has 0 aromatic carbocycles. The summed E-state index contributed by atoms with van der Waals surface area (Å²) in [6, 6.07) is 4.12. The normalized spacial score (nSPS) is 14.5. The van der Waals surface area contributed by atoms with Crippen LogP contribution in [0, 0.1) is 11.8 Å². The van der Waals surface area contributed by atoms with Gasteiger partial charge in [0.05, 0.1) is 6.54 Å². The first kappa shape index (κ1) is 16.3. The number of nitrogens with two attached hydrogens (primary N) is 1. The van der Waals surface area contributed by atoms with E-state index in [2.05, 4.69) is 32.3 Å². The molecule has 0 aliphatic heterocycles. The van der Waals surface area contributed by atoms with E-state index < -0.39 is 0 Å². The van der Waals surface area contributed by atoms with Crippen molar-refractivity contribution in [3.8, 4) is 0 Å². The first-order valence-corrected chi connectivity index (χ1v) is 7.72. The predicted molar refractivity (Wildman–Crippen MR) is 80.5 cm³/mol. The monoisotopic (exact) mass is 266 g/mol. The number of furan rings is 1. The number of hydrogen-bond donors (Lipinski definition) is 2. The zero-order chi connectivity index (χ0) is 14.1. The van der Waals surface area contributed by atoms with Crippen LogP contribution in [-0.2, 0) is 13.0 Å². The van der Waals surface area contributed by atoms with Crippen LogP contribution in [0.2, 0.25) is 0 Å². The van der Waals surface area contributed by atoms with Crippen LogP contribution in [0.1, 0.15) is 64.4 Å². The van der Waals surface area contributed by atoms with Crippen molar-refractivity contribution in [3.05, 3.63) is 23.7 Å². The second kappa shape index (κ2) is 9.16. The van der Waals surface area contributed by atoms with Crippen LogP contribution in [0.15, 0.2) is 16.5 Å². The summed E-state index contributed by atoms with van der Waals surface area (Å²) >= 11 is 0. The lowest BCUT2D eigenvalue weighted by atomic mass is 9.83. The molecular weight excluding hydrogens is 236 g/mol. The molecule has 3 N–H and O–H groups in total. The third-order valence-electron chi connectivity index (χ3n) is 3.93. The van der Waals surface area contributed by atoms with Gasteiger partial charge in [0.25, 0.3) is 0 Å². The Morgan fingerprint density at radius 3 is 2.53 bits per heavy atom. The molecular formula is C16H30N2O. The standard InChI is InChI=1S/C16H30N2O/c1-4-6-8-13(3)14(7-5-2)11-15-9-10-16(19-15)12-18-17/h9-10,13-14,18H,4-8,11-12,17H2,1-3H3. The van der Waals surface area contributed by atoms with E-state index in [1.807, 2.05) is 6.07 Å². The summed E-state index contributed by atoms with van der Waals surface area (Å²) in [5, 5.41) is 0. The molecule has 0 saturated carbocycles. The first-order chi connectivity index (χ1) is 9.21. The van der Waals surface area contributed by atoms with Crippen LogP contribution in [0.3, 0.4) is 0 Å². The van der Waals surface area contributed by atoms with Crippen LogP contribution >= 0.6 is 0 Å². The Kier molecular flexibility index (Phi) is 7.84. The molecule has 0 radical (unpaired) electrons. The van der Waals surface area contributed by atoms with Gasteiger partial charge in [-0.15, -0.1) is 0 Å². The van der Waals surface area contributed by atoms with Crippen molar-refractivity contribution >= 4 is 0 Å². The molecule has 2 unspecified atom stereocenters. The Hall–Kier alpha value is -0.800. The van der Waals surface area contributed by atoms with Crippen molar-refractivity contribution in [2.24, 2.45) is 17.7 Å². The summed E-state index contributed by atoms with van der Waals surface area (Å²) < 4.78 is 5.81. The van der Waals surface area contributed by atoms with E-state index in [1.54, 1.807) is 0 Å². The molecule has 1 aromatic rings. The molecule has 3 nitrogen and oxygen atoms in total. The number of rotatable bonds is 10. The van der Waals surface area contributed by atoms with Gasteiger partial charge >= 0.3 is 0 Å². The number of hydrazine groups is 1. The Labute approximate surface area is 117 Å². The Morgan fingerprint density at radius 2 is 1.89 bits per heavy atom. The van der Waals surface area contributed by atoms with Crippen LogP contribution in [0.4, 0.5) is 0 Å². The van der Waals surface area contributed by atoms with E-state index in [0.717, 1.165) is 29.8 Å². The van der Waals surface area contributed by atoms with Gasteiger partial charge in [-0.1, -0.05) is 52.9 Å². The Balaban J connectivity index is 2.55. The second-order valence-electron chi connectivity index (χ2n) is 5.62. The minimum Gasteiger partial charge on any atom is -0.465 e. The highest BCUT2D eigenvalue weighted by Crippen LogP contribution is 2.27. The first-order valence-electron chi connectivity index (χ1n) is 7.72. The molecule has 2 atom stereocenters. The van der Waals surface area contributed by atoms with E-state index in [4.69, 9.17) is 10.3 Å². The van der Waals surface area contributed by atoms with Crippen molar-refractivity contribution in [1.82, 2.24) is 5.43 Å². The fraction of sp³-hybridized carbons (Fsp3) is 0.750. The minimum atomic E-state index is 0.601. The lowest BCUT2D eigenvalue weighted by Crippen LogP contribution is -2.20. The maximum absolute atomic E-state index is 5.81. The third kappa shape index (κ3) is 5.79. The van der Waals surface area contributed by atoms with Crippen LogP contribution in [0.5, 0.6) is 0 Å². The van der Waals surface area contributed by atoms with Gasteiger partial charge in [-0.05, 0) is 24.0 Å². The van der Waals surface area contributed by atoms with Crippen molar-refractivity contribution in [3.63, 3.8) is 0 Å². The van der Waals surface area contributed by atoms with E-state index in [1.165, 1.54) is 32.1 Å². The van der Waals surface area contributed by atoms with Gasteiger partial charge < -0.3 is 4.42 Å². The summed E-state index contributed by atoms with van der Waals surface area (Å²) in [4.78, 5) is 0. The van der Waals surface area contributed by atoms with Gasteiger partial charge in [0.15, 0.2) is 0 Å². The van der Waals surface area contributed by atoms with Crippen molar-refractivity contribution in [1.29, 1.82) is 0 Å². The van der Waals surface area contributed by atoms with Gasteiger partial charge in [-0.25, -0.2) is 0 Å². The summed E-state index contributed by atoms with van der Waals surface area (Å²) in [6.45, 7) is 7.52. The topological polar surface area (TPSA) is 51.2 Å². The summed E-state index contributed by atoms with van der Waals surface area (Å²) in [6.07, 6.45) is 7.55. The average Bonchev–Trinajstić information content (AvgIpc) is 2.83. The fourth-order valence-corrected chi connectivity index (χ4v) is 2.71. The van der Waals surface area contributed by atoms with Gasteiger partial charge in [-0.3, -0.25) is 11.3 Å². The highest BCUT2D eigenvalue weighted by atomic mass is 16.3. The second-order valence-corrected chi connectivity index (χ2v) is 5.62. The summed E-state index contributed by atoms with van der Waals surface area (Å²) in [5.41, 5.74) is 2.63. The van der Waals surface area contributed by atoms with Gasteiger partial charge in [0.2, 0.25) is 0 Å². The molecule has 1 aromatic heterocycles. The molecule has 0 bridgehead atoms. The van der Waals surface area contributed by atoms with Gasteiger partial charge in [-0.2, -0.15) is 0 Å². The molecule has 0 aliphatic carbocycles. The lowest BCUT2D eigenvalue weighted by molar-refractivity contribution is 0.286. The van der Waals surface area contributed by atoms with Gasteiger partial charge in [0, 0.05) is 6.42 Å². The summed E-state index contributed by atoms with van der Waals surface area (Å²) in [5.74, 6) is 8.86. The largest absolute Gasteiger partial charge is 0.465 e. The number of nitrogens with one attached hydrogen (secondary N) is 1. The van der Waals surface area contributed by atoms with E-state index >= 15 is 0 Å². The highest BCUT2D eigenvalue weighted by molar-refractivity contribution is 5.07. The Morgan fingerprint density at radius 1 is 1.16 bits per heavy atom. The zero-order valence-corrected chi connectivity index (χ0v) is 12.7. The average molecular weight is 266 g/mol. The predicted octanol–water partition coefficient (Wildman–Crippen LogP) is 4.03.